The van der Waals surface area contributed by atoms with Crippen molar-refractivity contribution in [1.82, 2.24) is 10.3 Å². The van der Waals surface area contributed by atoms with E-state index >= 15 is 0 Å². The Kier molecular flexibility index (Phi) is 2.49. The lowest BCUT2D eigenvalue weighted by Gasteiger charge is -2.20. The van der Waals surface area contributed by atoms with E-state index in [0.29, 0.717) is 5.56 Å². The lowest BCUT2D eigenvalue weighted by Crippen LogP contribution is -2.27. The van der Waals surface area contributed by atoms with Crippen LogP contribution in [0.1, 0.15) is 11.3 Å². The van der Waals surface area contributed by atoms with E-state index in [1.807, 2.05) is 19.1 Å². The number of pyridine rings is 1. The third-order valence-electron chi connectivity index (χ3n) is 3.82. The topological polar surface area (TPSA) is 52.0 Å². The number of fused-ring (bicyclic) bond motifs is 1. The zero-order chi connectivity index (χ0) is 11.8. The first-order chi connectivity index (χ1) is 8.28. The van der Waals surface area contributed by atoms with E-state index in [0.717, 1.165) is 49.5 Å². The van der Waals surface area contributed by atoms with Crippen LogP contribution in [0, 0.1) is 30.1 Å². The van der Waals surface area contributed by atoms with Gasteiger partial charge < -0.3 is 10.2 Å². The second-order valence-electron chi connectivity index (χ2n) is 5.02. The third kappa shape index (κ3) is 1.77. The Labute approximate surface area is 101 Å². The summed E-state index contributed by atoms with van der Waals surface area (Å²) >= 11 is 0. The summed E-state index contributed by atoms with van der Waals surface area (Å²) in [6.07, 6.45) is 0. The minimum atomic E-state index is 0.698. The van der Waals surface area contributed by atoms with Gasteiger partial charge in [-0.25, -0.2) is 4.98 Å². The summed E-state index contributed by atoms with van der Waals surface area (Å²) in [5, 5.41) is 12.6. The Morgan fingerprint density at radius 2 is 2.06 bits per heavy atom. The van der Waals surface area contributed by atoms with Crippen LogP contribution < -0.4 is 10.2 Å². The minimum absolute atomic E-state index is 0.698. The van der Waals surface area contributed by atoms with E-state index in [9.17, 15) is 0 Å². The van der Waals surface area contributed by atoms with Crippen LogP contribution in [0.15, 0.2) is 12.1 Å². The molecule has 0 aromatic carbocycles. The number of aryl methyl sites for hydroxylation is 1. The molecule has 88 valence electrons. The molecule has 3 rings (SSSR count). The van der Waals surface area contributed by atoms with Gasteiger partial charge in [-0.05, 0) is 30.9 Å². The fourth-order valence-electron chi connectivity index (χ4n) is 2.90. The second kappa shape index (κ2) is 4.01. The van der Waals surface area contributed by atoms with Gasteiger partial charge in [-0.3, -0.25) is 0 Å². The highest BCUT2D eigenvalue weighted by molar-refractivity contribution is 5.55. The molecule has 1 aromatic heterocycles. The summed E-state index contributed by atoms with van der Waals surface area (Å²) in [6, 6.07) is 6.03. The van der Waals surface area contributed by atoms with E-state index in [1.165, 1.54) is 0 Å². The van der Waals surface area contributed by atoms with Crippen molar-refractivity contribution in [3.8, 4) is 6.07 Å². The quantitative estimate of drug-likeness (QED) is 0.776. The van der Waals surface area contributed by atoms with E-state index < -0.39 is 0 Å². The van der Waals surface area contributed by atoms with E-state index in [4.69, 9.17) is 5.26 Å². The zero-order valence-corrected chi connectivity index (χ0v) is 9.98. The maximum absolute atomic E-state index is 9.14. The molecule has 2 unspecified atom stereocenters. The van der Waals surface area contributed by atoms with Crippen molar-refractivity contribution in [2.75, 3.05) is 31.1 Å². The van der Waals surface area contributed by atoms with Crippen molar-refractivity contribution in [3.63, 3.8) is 0 Å². The number of aromatic nitrogens is 1. The van der Waals surface area contributed by atoms with Gasteiger partial charge in [0.2, 0.25) is 0 Å². The molecule has 1 aromatic rings. The Balaban J connectivity index is 1.90. The van der Waals surface area contributed by atoms with Crippen LogP contribution in [0.4, 0.5) is 5.82 Å². The monoisotopic (exact) mass is 228 g/mol. The summed E-state index contributed by atoms with van der Waals surface area (Å²) in [7, 11) is 0. The molecule has 1 N–H and O–H groups in total. The summed E-state index contributed by atoms with van der Waals surface area (Å²) in [4.78, 5) is 6.82. The van der Waals surface area contributed by atoms with E-state index in [1.54, 1.807) is 0 Å². The lowest BCUT2D eigenvalue weighted by atomic mass is 10.0. The minimum Gasteiger partial charge on any atom is -0.355 e. The molecule has 2 aliphatic heterocycles. The maximum Gasteiger partial charge on any atom is 0.146 e. The summed E-state index contributed by atoms with van der Waals surface area (Å²) in [5.74, 6) is 2.33. The molecule has 0 saturated carbocycles. The molecule has 17 heavy (non-hydrogen) atoms. The van der Waals surface area contributed by atoms with Gasteiger partial charge in [0.05, 0.1) is 5.56 Å². The Bertz CT molecular complexity index is 465. The van der Waals surface area contributed by atoms with Crippen LogP contribution >= 0.6 is 0 Å². The molecule has 3 heterocycles. The van der Waals surface area contributed by atoms with Gasteiger partial charge >= 0.3 is 0 Å². The van der Waals surface area contributed by atoms with Gasteiger partial charge in [0, 0.05) is 31.9 Å². The Morgan fingerprint density at radius 1 is 1.35 bits per heavy atom. The molecule has 0 spiro atoms. The van der Waals surface area contributed by atoms with Crippen LogP contribution in [-0.4, -0.2) is 31.2 Å². The highest BCUT2D eigenvalue weighted by Crippen LogP contribution is 2.31. The predicted octanol–water partition coefficient (Wildman–Crippen LogP) is 0.917. The molecule has 2 fully saturated rings. The average molecular weight is 228 g/mol. The SMILES string of the molecule is Cc1ccc(C#N)c(N2CC3CNCC3C2)n1. The highest BCUT2D eigenvalue weighted by Gasteiger charge is 2.37. The largest absolute Gasteiger partial charge is 0.355 e. The molecule has 2 aliphatic rings. The van der Waals surface area contributed by atoms with Gasteiger partial charge in [0.15, 0.2) is 0 Å². The van der Waals surface area contributed by atoms with Crippen LogP contribution in [0.2, 0.25) is 0 Å². The van der Waals surface area contributed by atoms with Crippen LogP contribution in [0.3, 0.4) is 0 Å². The molecular formula is C13H16N4. The van der Waals surface area contributed by atoms with E-state index in [-0.39, 0.29) is 0 Å². The zero-order valence-electron chi connectivity index (χ0n) is 9.98. The predicted molar refractivity (Wildman–Crippen MR) is 65.8 cm³/mol. The summed E-state index contributed by atoms with van der Waals surface area (Å²) in [5.41, 5.74) is 1.68. The van der Waals surface area contributed by atoms with Gasteiger partial charge in [0.25, 0.3) is 0 Å². The summed E-state index contributed by atoms with van der Waals surface area (Å²) < 4.78 is 0. The van der Waals surface area contributed by atoms with Crippen molar-refractivity contribution in [2.45, 2.75) is 6.92 Å². The smallest absolute Gasteiger partial charge is 0.146 e. The average Bonchev–Trinajstić information content (AvgIpc) is 2.88. The van der Waals surface area contributed by atoms with Gasteiger partial charge in [-0.2, -0.15) is 5.26 Å². The number of rotatable bonds is 1. The number of anilines is 1. The fourth-order valence-corrected chi connectivity index (χ4v) is 2.90. The lowest BCUT2D eigenvalue weighted by molar-refractivity contribution is 0.533. The maximum atomic E-state index is 9.14. The van der Waals surface area contributed by atoms with Gasteiger partial charge in [0.1, 0.15) is 11.9 Å². The number of hydrogen-bond donors (Lipinski definition) is 1. The Morgan fingerprint density at radius 3 is 2.71 bits per heavy atom. The molecule has 4 heteroatoms. The molecule has 0 bridgehead atoms. The first kappa shape index (κ1) is 10.5. The van der Waals surface area contributed by atoms with Gasteiger partial charge in [-0.1, -0.05) is 0 Å². The standard InChI is InChI=1S/C13H16N4/c1-9-2-3-10(4-14)13(16-9)17-7-11-5-15-6-12(11)8-17/h2-3,11-12,15H,5-8H2,1H3. The van der Waals surface area contributed by atoms with Crippen molar-refractivity contribution in [2.24, 2.45) is 11.8 Å². The van der Waals surface area contributed by atoms with Crippen LogP contribution in [0.5, 0.6) is 0 Å². The van der Waals surface area contributed by atoms with E-state index in [2.05, 4.69) is 21.3 Å². The number of hydrogen-bond acceptors (Lipinski definition) is 4. The second-order valence-corrected chi connectivity index (χ2v) is 5.02. The molecule has 0 amide bonds. The van der Waals surface area contributed by atoms with Crippen LogP contribution in [0.25, 0.3) is 0 Å². The Hall–Kier alpha value is -1.60. The number of nitrogens with zero attached hydrogens (tertiary/aromatic N) is 3. The molecule has 4 nitrogen and oxygen atoms in total. The molecule has 0 radical (unpaired) electrons. The third-order valence-corrected chi connectivity index (χ3v) is 3.82. The van der Waals surface area contributed by atoms with Crippen molar-refractivity contribution in [3.05, 3.63) is 23.4 Å². The number of nitrogens with one attached hydrogen (secondary N) is 1. The van der Waals surface area contributed by atoms with Gasteiger partial charge in [-0.15, -0.1) is 0 Å². The fraction of sp³-hybridized carbons (Fsp3) is 0.538. The summed E-state index contributed by atoms with van der Waals surface area (Å²) in [6.45, 7) is 6.25. The van der Waals surface area contributed by atoms with Crippen molar-refractivity contribution < 1.29 is 0 Å². The highest BCUT2D eigenvalue weighted by atomic mass is 15.2. The number of nitriles is 1. The molecule has 2 saturated heterocycles. The van der Waals surface area contributed by atoms with Crippen molar-refractivity contribution in [1.29, 1.82) is 5.26 Å². The normalized spacial score (nSPS) is 26.9. The molecule has 0 aliphatic carbocycles. The first-order valence-corrected chi connectivity index (χ1v) is 6.11. The van der Waals surface area contributed by atoms with Crippen LogP contribution in [-0.2, 0) is 0 Å². The molecule has 2 atom stereocenters. The molecular weight excluding hydrogens is 212 g/mol. The first-order valence-electron chi connectivity index (χ1n) is 6.11. The van der Waals surface area contributed by atoms with Crippen molar-refractivity contribution >= 4 is 5.82 Å².